The predicted octanol–water partition coefficient (Wildman–Crippen LogP) is 7.15. The lowest BCUT2D eigenvalue weighted by Crippen LogP contribution is -2.13. The molecular formula is C29H29BrN2O3. The molecule has 0 aromatic heterocycles. The number of carbonyl (C=O) groups is 1. The van der Waals surface area contributed by atoms with Crippen molar-refractivity contribution in [3.8, 4) is 17.6 Å². The van der Waals surface area contributed by atoms with Crippen molar-refractivity contribution in [1.82, 2.24) is 0 Å². The smallest absolute Gasteiger partial charge is 0.266 e. The number of nitrogens with one attached hydrogen (secondary N) is 1. The van der Waals surface area contributed by atoms with Crippen LogP contribution in [0.5, 0.6) is 11.5 Å². The molecule has 0 radical (unpaired) electrons. The number of carbonyl (C=O) groups excluding carboxylic acids is 1. The van der Waals surface area contributed by atoms with E-state index >= 15 is 0 Å². The molecular weight excluding hydrogens is 504 g/mol. The summed E-state index contributed by atoms with van der Waals surface area (Å²) in [5, 5.41) is 12.4. The largest absolute Gasteiger partial charge is 0.490 e. The van der Waals surface area contributed by atoms with E-state index in [0.717, 1.165) is 12.0 Å². The van der Waals surface area contributed by atoms with Crippen LogP contribution in [0.1, 0.15) is 41.7 Å². The van der Waals surface area contributed by atoms with Gasteiger partial charge < -0.3 is 14.8 Å². The molecule has 0 aliphatic carbocycles. The average molecular weight is 533 g/mol. The lowest BCUT2D eigenvalue weighted by atomic mass is 10.1. The van der Waals surface area contributed by atoms with Gasteiger partial charge in [-0.15, -0.1) is 0 Å². The minimum Gasteiger partial charge on any atom is -0.490 e. The van der Waals surface area contributed by atoms with E-state index in [1.165, 1.54) is 22.8 Å². The molecule has 0 aliphatic heterocycles. The summed E-state index contributed by atoms with van der Waals surface area (Å²) in [6.45, 7) is 8.91. The number of hydrogen-bond donors (Lipinski definition) is 1. The maximum atomic E-state index is 12.7. The maximum Gasteiger partial charge on any atom is 0.266 e. The molecule has 3 aromatic rings. The Kier molecular flexibility index (Phi) is 9.11. The Hall–Kier alpha value is -3.56. The van der Waals surface area contributed by atoms with Crippen LogP contribution in [-0.4, -0.2) is 12.5 Å². The standard InChI is InChI=1S/C29H29BrN2O3/c1-5-21-7-9-25(10-8-21)32-29(33)24(17-31)14-22-15-26(30)28(27(16-22)34-6-2)35-18-23-12-19(3)11-20(4)13-23/h7-16H,5-6,18H2,1-4H3,(H,32,33)/b24-14+. The van der Waals surface area contributed by atoms with Gasteiger partial charge in [0.15, 0.2) is 11.5 Å². The fourth-order valence-electron chi connectivity index (χ4n) is 3.72. The molecule has 6 heteroatoms. The average Bonchev–Trinajstić information content (AvgIpc) is 2.82. The van der Waals surface area contributed by atoms with E-state index < -0.39 is 5.91 Å². The summed E-state index contributed by atoms with van der Waals surface area (Å²) in [5.41, 5.74) is 5.87. The second-order valence-corrected chi connectivity index (χ2v) is 9.08. The van der Waals surface area contributed by atoms with Crippen molar-refractivity contribution >= 4 is 33.6 Å². The summed E-state index contributed by atoms with van der Waals surface area (Å²) in [6, 6.07) is 19.4. The van der Waals surface area contributed by atoms with E-state index in [-0.39, 0.29) is 5.57 Å². The van der Waals surface area contributed by atoms with Gasteiger partial charge in [-0.05, 0) is 90.2 Å². The third-order valence-electron chi connectivity index (χ3n) is 5.29. The fourth-order valence-corrected chi connectivity index (χ4v) is 4.29. The van der Waals surface area contributed by atoms with Crippen LogP contribution < -0.4 is 14.8 Å². The highest BCUT2D eigenvalue weighted by molar-refractivity contribution is 9.10. The number of hydrogen-bond acceptors (Lipinski definition) is 4. The molecule has 0 saturated carbocycles. The van der Waals surface area contributed by atoms with Gasteiger partial charge >= 0.3 is 0 Å². The van der Waals surface area contributed by atoms with Gasteiger partial charge in [-0.2, -0.15) is 5.26 Å². The first-order valence-corrected chi connectivity index (χ1v) is 12.3. The summed E-state index contributed by atoms with van der Waals surface area (Å²) in [5.74, 6) is 0.633. The molecule has 0 saturated heterocycles. The number of halogens is 1. The lowest BCUT2D eigenvalue weighted by molar-refractivity contribution is -0.112. The van der Waals surface area contributed by atoms with Crippen LogP contribution in [0.25, 0.3) is 6.08 Å². The van der Waals surface area contributed by atoms with Gasteiger partial charge in [0.25, 0.3) is 5.91 Å². The van der Waals surface area contributed by atoms with Crippen molar-refractivity contribution in [3.05, 3.63) is 92.5 Å². The summed E-state index contributed by atoms with van der Waals surface area (Å²) in [7, 11) is 0. The zero-order valence-corrected chi connectivity index (χ0v) is 22.0. The number of anilines is 1. The zero-order valence-electron chi connectivity index (χ0n) is 20.4. The lowest BCUT2D eigenvalue weighted by Gasteiger charge is -2.15. The van der Waals surface area contributed by atoms with E-state index in [4.69, 9.17) is 9.47 Å². The van der Waals surface area contributed by atoms with E-state index in [0.29, 0.717) is 40.4 Å². The summed E-state index contributed by atoms with van der Waals surface area (Å²) < 4.78 is 12.6. The van der Waals surface area contributed by atoms with Crippen molar-refractivity contribution in [2.75, 3.05) is 11.9 Å². The fraction of sp³-hybridized carbons (Fsp3) is 0.241. The minimum absolute atomic E-state index is 0.0113. The van der Waals surface area contributed by atoms with Gasteiger partial charge in [0.2, 0.25) is 0 Å². The Balaban J connectivity index is 1.83. The highest BCUT2D eigenvalue weighted by atomic mass is 79.9. The number of ether oxygens (including phenoxy) is 2. The number of rotatable bonds is 9. The topological polar surface area (TPSA) is 71.3 Å². The van der Waals surface area contributed by atoms with Gasteiger partial charge in [-0.25, -0.2) is 0 Å². The first kappa shape index (κ1) is 26.1. The highest BCUT2D eigenvalue weighted by Crippen LogP contribution is 2.38. The van der Waals surface area contributed by atoms with Gasteiger partial charge in [0.05, 0.1) is 11.1 Å². The molecule has 35 heavy (non-hydrogen) atoms. The van der Waals surface area contributed by atoms with Crippen LogP contribution in [-0.2, 0) is 17.8 Å². The number of aryl methyl sites for hydroxylation is 3. The van der Waals surface area contributed by atoms with Crippen molar-refractivity contribution in [2.45, 2.75) is 40.7 Å². The Morgan fingerprint density at radius 3 is 2.29 bits per heavy atom. The molecule has 1 N–H and O–H groups in total. The molecule has 1 amide bonds. The Morgan fingerprint density at radius 2 is 1.69 bits per heavy atom. The van der Waals surface area contributed by atoms with Gasteiger partial charge in [0, 0.05) is 5.69 Å². The van der Waals surface area contributed by atoms with Gasteiger partial charge in [0.1, 0.15) is 18.2 Å². The number of benzene rings is 3. The molecule has 0 atom stereocenters. The second kappa shape index (κ2) is 12.2. The summed E-state index contributed by atoms with van der Waals surface area (Å²) in [4.78, 5) is 12.7. The van der Waals surface area contributed by atoms with Crippen LogP contribution in [0.3, 0.4) is 0 Å². The van der Waals surface area contributed by atoms with Crippen LogP contribution in [0.15, 0.2) is 64.6 Å². The molecule has 0 spiro atoms. The van der Waals surface area contributed by atoms with Crippen molar-refractivity contribution in [2.24, 2.45) is 0 Å². The Labute approximate surface area is 215 Å². The van der Waals surface area contributed by atoms with E-state index in [1.807, 2.05) is 37.3 Å². The number of amides is 1. The Bertz CT molecular complexity index is 1250. The van der Waals surface area contributed by atoms with Crippen molar-refractivity contribution < 1.29 is 14.3 Å². The van der Waals surface area contributed by atoms with Gasteiger partial charge in [-0.1, -0.05) is 48.4 Å². The number of nitriles is 1. The molecule has 180 valence electrons. The predicted molar refractivity (Wildman–Crippen MR) is 144 cm³/mol. The molecule has 3 aromatic carbocycles. The van der Waals surface area contributed by atoms with E-state index in [1.54, 1.807) is 12.1 Å². The second-order valence-electron chi connectivity index (χ2n) is 8.22. The minimum atomic E-state index is -0.471. The molecule has 0 aliphatic rings. The third-order valence-corrected chi connectivity index (χ3v) is 5.88. The quantitative estimate of drug-likeness (QED) is 0.234. The van der Waals surface area contributed by atoms with Crippen LogP contribution in [0.4, 0.5) is 5.69 Å². The van der Waals surface area contributed by atoms with Crippen LogP contribution >= 0.6 is 15.9 Å². The van der Waals surface area contributed by atoms with Crippen LogP contribution in [0, 0.1) is 25.2 Å². The summed E-state index contributed by atoms with van der Waals surface area (Å²) in [6.07, 6.45) is 2.45. The van der Waals surface area contributed by atoms with Crippen LogP contribution in [0.2, 0.25) is 0 Å². The number of nitrogens with zero attached hydrogens (tertiary/aromatic N) is 1. The van der Waals surface area contributed by atoms with Gasteiger partial charge in [-0.3, -0.25) is 4.79 Å². The third kappa shape index (κ3) is 7.21. The first-order valence-electron chi connectivity index (χ1n) is 11.5. The monoisotopic (exact) mass is 532 g/mol. The van der Waals surface area contributed by atoms with E-state index in [2.05, 4.69) is 60.2 Å². The molecule has 0 unspecified atom stereocenters. The molecule has 0 fully saturated rings. The maximum absolute atomic E-state index is 12.7. The Morgan fingerprint density at radius 1 is 1.00 bits per heavy atom. The molecule has 3 rings (SSSR count). The molecule has 0 heterocycles. The highest BCUT2D eigenvalue weighted by Gasteiger charge is 2.15. The SMILES string of the molecule is CCOc1cc(/C=C(\C#N)C(=O)Nc2ccc(CC)cc2)cc(Br)c1OCc1cc(C)cc(C)c1. The zero-order chi connectivity index (χ0) is 25.4. The van der Waals surface area contributed by atoms with Crippen molar-refractivity contribution in [3.63, 3.8) is 0 Å². The molecule has 0 bridgehead atoms. The van der Waals surface area contributed by atoms with Crippen molar-refractivity contribution in [1.29, 1.82) is 5.26 Å². The normalized spacial score (nSPS) is 11.0. The molecule has 5 nitrogen and oxygen atoms in total. The summed E-state index contributed by atoms with van der Waals surface area (Å²) >= 11 is 3.57. The first-order chi connectivity index (χ1) is 16.8. The van der Waals surface area contributed by atoms with E-state index in [9.17, 15) is 10.1 Å².